The lowest BCUT2D eigenvalue weighted by Gasteiger charge is -2.29. The Balaban J connectivity index is 1.37. The van der Waals surface area contributed by atoms with Crippen LogP contribution in [0.15, 0.2) is 65.1 Å². The molecule has 5 nitrogen and oxygen atoms in total. The third-order valence-corrected chi connectivity index (χ3v) is 5.46. The Kier molecular flexibility index (Phi) is 6.02. The molecule has 0 spiro atoms. The van der Waals surface area contributed by atoms with Crippen molar-refractivity contribution in [2.45, 2.75) is 13.0 Å². The second-order valence-corrected chi connectivity index (χ2v) is 7.96. The highest BCUT2D eigenvalue weighted by Gasteiger charge is 2.16. The largest absolute Gasteiger partial charge is 0.481 e. The molecule has 0 aliphatic carbocycles. The molecule has 1 fully saturated rings. The Labute approximate surface area is 178 Å². The average molecular weight is 455 g/mol. The number of rotatable bonds is 5. The lowest BCUT2D eigenvalue weighted by molar-refractivity contribution is -0.122. The first-order valence-corrected chi connectivity index (χ1v) is 10.5. The molecular weight excluding hydrogens is 432 g/mol. The van der Waals surface area contributed by atoms with E-state index in [1.807, 2.05) is 54.6 Å². The van der Waals surface area contributed by atoms with Crippen molar-refractivity contribution in [1.29, 1.82) is 0 Å². The molecule has 1 aliphatic rings. The van der Waals surface area contributed by atoms with E-state index in [4.69, 9.17) is 9.47 Å². The number of halogens is 1. The average Bonchev–Trinajstić information content (AvgIpc) is 2.75. The first-order chi connectivity index (χ1) is 14.1. The van der Waals surface area contributed by atoms with Crippen molar-refractivity contribution in [2.75, 3.05) is 36.5 Å². The van der Waals surface area contributed by atoms with Crippen molar-refractivity contribution in [2.24, 2.45) is 0 Å². The van der Waals surface area contributed by atoms with Crippen LogP contribution in [0.25, 0.3) is 10.8 Å². The normalized spacial score (nSPS) is 15.2. The number of benzene rings is 3. The van der Waals surface area contributed by atoms with E-state index in [0.717, 1.165) is 52.9 Å². The third-order valence-electron chi connectivity index (χ3n) is 4.97. The van der Waals surface area contributed by atoms with Crippen LogP contribution < -0.4 is 15.0 Å². The molecule has 29 heavy (non-hydrogen) atoms. The van der Waals surface area contributed by atoms with Crippen LogP contribution >= 0.6 is 15.9 Å². The highest BCUT2D eigenvalue weighted by molar-refractivity contribution is 9.10. The van der Waals surface area contributed by atoms with Gasteiger partial charge in [-0.3, -0.25) is 4.79 Å². The van der Waals surface area contributed by atoms with Gasteiger partial charge in [-0.1, -0.05) is 28.1 Å². The van der Waals surface area contributed by atoms with Crippen molar-refractivity contribution >= 4 is 44.0 Å². The van der Waals surface area contributed by atoms with E-state index >= 15 is 0 Å². The Morgan fingerprint density at radius 2 is 1.72 bits per heavy atom. The van der Waals surface area contributed by atoms with E-state index in [9.17, 15) is 4.79 Å². The van der Waals surface area contributed by atoms with E-state index in [0.29, 0.717) is 5.75 Å². The van der Waals surface area contributed by atoms with Gasteiger partial charge in [0.15, 0.2) is 6.10 Å². The van der Waals surface area contributed by atoms with E-state index < -0.39 is 6.10 Å². The Bertz CT molecular complexity index is 1000. The molecule has 0 saturated carbocycles. The van der Waals surface area contributed by atoms with Gasteiger partial charge < -0.3 is 19.7 Å². The maximum absolute atomic E-state index is 12.5. The highest BCUT2D eigenvalue weighted by atomic mass is 79.9. The molecular formula is C23H23BrN2O3. The minimum Gasteiger partial charge on any atom is -0.481 e. The van der Waals surface area contributed by atoms with Crippen LogP contribution in [0.1, 0.15) is 6.92 Å². The summed E-state index contributed by atoms with van der Waals surface area (Å²) in [5.41, 5.74) is 1.89. The molecule has 1 heterocycles. The maximum Gasteiger partial charge on any atom is 0.265 e. The molecule has 1 N–H and O–H groups in total. The van der Waals surface area contributed by atoms with Crippen LogP contribution in [-0.2, 0) is 9.53 Å². The minimum absolute atomic E-state index is 0.181. The standard InChI is InChI=1S/C23H23BrN2O3/c1-16(29-22-9-3-17-14-19(24)4-2-18(17)15-22)23(27)25-20-5-7-21(8-6-20)26-10-12-28-13-11-26/h2-9,14-16H,10-13H2,1H3,(H,25,27). The van der Waals surface area contributed by atoms with Gasteiger partial charge in [-0.05, 0) is 66.2 Å². The van der Waals surface area contributed by atoms with Crippen molar-refractivity contribution in [3.05, 3.63) is 65.1 Å². The third kappa shape index (κ3) is 4.89. The monoisotopic (exact) mass is 454 g/mol. The van der Waals surface area contributed by atoms with Crippen molar-refractivity contribution in [1.82, 2.24) is 0 Å². The first-order valence-electron chi connectivity index (χ1n) is 9.68. The Hall–Kier alpha value is -2.57. The van der Waals surface area contributed by atoms with Crippen molar-refractivity contribution in [3.63, 3.8) is 0 Å². The molecule has 1 unspecified atom stereocenters. The van der Waals surface area contributed by atoms with Gasteiger partial charge in [0, 0.05) is 28.9 Å². The SMILES string of the molecule is CC(Oc1ccc2cc(Br)ccc2c1)C(=O)Nc1ccc(N2CCOCC2)cc1. The van der Waals surface area contributed by atoms with Crippen LogP contribution in [0, 0.1) is 0 Å². The van der Waals surface area contributed by atoms with Gasteiger partial charge in [0.1, 0.15) is 5.75 Å². The zero-order valence-corrected chi connectivity index (χ0v) is 17.8. The molecule has 0 bridgehead atoms. The summed E-state index contributed by atoms with van der Waals surface area (Å²) in [6, 6.07) is 19.8. The fourth-order valence-corrected chi connectivity index (χ4v) is 3.73. The summed E-state index contributed by atoms with van der Waals surface area (Å²) in [4.78, 5) is 14.8. The second-order valence-electron chi connectivity index (χ2n) is 7.05. The molecule has 0 radical (unpaired) electrons. The molecule has 1 aliphatic heterocycles. The first kappa shape index (κ1) is 19.7. The Morgan fingerprint density at radius 1 is 1.03 bits per heavy atom. The fourth-order valence-electron chi connectivity index (χ4n) is 3.35. The maximum atomic E-state index is 12.5. The molecule has 0 aromatic heterocycles. The van der Waals surface area contributed by atoms with E-state index in [-0.39, 0.29) is 5.91 Å². The number of hydrogen-bond donors (Lipinski definition) is 1. The number of amides is 1. The summed E-state index contributed by atoms with van der Waals surface area (Å²) in [5, 5.41) is 5.11. The van der Waals surface area contributed by atoms with Crippen LogP contribution in [-0.4, -0.2) is 38.3 Å². The molecule has 6 heteroatoms. The fraction of sp³-hybridized carbons (Fsp3) is 0.261. The zero-order valence-electron chi connectivity index (χ0n) is 16.2. The molecule has 3 aromatic rings. The van der Waals surface area contributed by atoms with Gasteiger partial charge in [-0.2, -0.15) is 0 Å². The molecule has 4 rings (SSSR count). The lowest BCUT2D eigenvalue weighted by Crippen LogP contribution is -2.36. The number of carbonyl (C=O) groups is 1. The van der Waals surface area contributed by atoms with E-state index in [1.165, 1.54) is 0 Å². The summed E-state index contributed by atoms with van der Waals surface area (Å²) < 4.78 is 12.3. The smallest absolute Gasteiger partial charge is 0.265 e. The van der Waals surface area contributed by atoms with Gasteiger partial charge in [0.05, 0.1) is 13.2 Å². The lowest BCUT2D eigenvalue weighted by atomic mass is 10.1. The molecule has 1 amide bonds. The molecule has 1 atom stereocenters. The van der Waals surface area contributed by atoms with Gasteiger partial charge in [-0.15, -0.1) is 0 Å². The summed E-state index contributed by atoms with van der Waals surface area (Å²) in [7, 11) is 0. The number of carbonyl (C=O) groups excluding carboxylic acids is 1. The molecule has 3 aromatic carbocycles. The predicted octanol–water partition coefficient (Wildman–Crippen LogP) is 4.84. The number of ether oxygens (including phenoxy) is 2. The number of fused-ring (bicyclic) bond motifs is 1. The summed E-state index contributed by atoms with van der Waals surface area (Å²) >= 11 is 3.48. The number of nitrogens with one attached hydrogen (secondary N) is 1. The highest BCUT2D eigenvalue weighted by Crippen LogP contribution is 2.25. The summed E-state index contributed by atoms with van der Waals surface area (Å²) in [6.07, 6.45) is -0.609. The second kappa shape index (κ2) is 8.84. The van der Waals surface area contributed by atoms with Crippen molar-refractivity contribution < 1.29 is 14.3 Å². The number of anilines is 2. The van der Waals surface area contributed by atoms with Gasteiger partial charge >= 0.3 is 0 Å². The van der Waals surface area contributed by atoms with Crippen molar-refractivity contribution in [3.8, 4) is 5.75 Å². The van der Waals surface area contributed by atoms with Gasteiger partial charge in [0.25, 0.3) is 5.91 Å². The van der Waals surface area contributed by atoms with Crippen LogP contribution in [0.4, 0.5) is 11.4 Å². The van der Waals surface area contributed by atoms with Crippen LogP contribution in [0.2, 0.25) is 0 Å². The van der Waals surface area contributed by atoms with Crippen LogP contribution in [0.5, 0.6) is 5.75 Å². The van der Waals surface area contributed by atoms with Gasteiger partial charge in [-0.25, -0.2) is 0 Å². The number of morpholine rings is 1. The van der Waals surface area contributed by atoms with E-state index in [2.05, 4.69) is 32.2 Å². The zero-order chi connectivity index (χ0) is 20.2. The molecule has 1 saturated heterocycles. The van der Waals surface area contributed by atoms with E-state index in [1.54, 1.807) is 6.92 Å². The predicted molar refractivity (Wildman–Crippen MR) is 120 cm³/mol. The summed E-state index contributed by atoms with van der Waals surface area (Å²) in [5.74, 6) is 0.491. The topological polar surface area (TPSA) is 50.8 Å². The molecule has 150 valence electrons. The number of nitrogens with zero attached hydrogens (tertiary/aromatic N) is 1. The number of hydrogen-bond acceptors (Lipinski definition) is 4. The minimum atomic E-state index is -0.609. The summed E-state index contributed by atoms with van der Waals surface area (Å²) in [6.45, 7) is 5.03. The quantitative estimate of drug-likeness (QED) is 0.598. The Morgan fingerprint density at radius 3 is 2.48 bits per heavy atom. The van der Waals surface area contributed by atoms with Gasteiger partial charge in [0.2, 0.25) is 0 Å². The van der Waals surface area contributed by atoms with Crippen LogP contribution in [0.3, 0.4) is 0 Å².